The van der Waals surface area contributed by atoms with Gasteiger partial charge in [-0.25, -0.2) is 4.39 Å². The first-order valence-electron chi connectivity index (χ1n) is 9.25. The van der Waals surface area contributed by atoms with Crippen LogP contribution in [0.5, 0.6) is 0 Å². The third-order valence-corrected chi connectivity index (χ3v) is 5.09. The zero-order chi connectivity index (χ0) is 19.1. The van der Waals surface area contributed by atoms with Gasteiger partial charge in [0.05, 0.1) is 5.52 Å². The monoisotopic (exact) mass is 367 g/mol. The molecule has 0 spiro atoms. The lowest BCUT2D eigenvalue weighted by Crippen LogP contribution is -2.04. The number of fused-ring (bicyclic) bond motifs is 3. The number of hydrogen-bond acceptors (Lipinski definition) is 2. The van der Waals surface area contributed by atoms with Gasteiger partial charge in [0.2, 0.25) is 0 Å². The zero-order valence-corrected chi connectivity index (χ0v) is 15.4. The van der Waals surface area contributed by atoms with Crippen LogP contribution in [0.4, 0.5) is 4.39 Å². The molecule has 3 aromatic carbocycles. The zero-order valence-electron chi connectivity index (χ0n) is 15.4. The number of aryl methyl sites for hydroxylation is 1. The second-order valence-electron chi connectivity index (χ2n) is 7.08. The SMILES string of the molecule is Cc1ccc(-c2nnc3c4cc(F)ccc4n(Cc4ccccc4)cc2-3)cc1. The Morgan fingerprint density at radius 3 is 2.39 bits per heavy atom. The molecule has 136 valence electrons. The molecule has 3 aromatic rings. The van der Waals surface area contributed by atoms with E-state index in [1.165, 1.54) is 17.2 Å². The van der Waals surface area contributed by atoms with E-state index in [0.29, 0.717) is 6.54 Å². The van der Waals surface area contributed by atoms with Crippen molar-refractivity contribution in [1.82, 2.24) is 14.8 Å². The average Bonchev–Trinajstić information content (AvgIpc) is 3.13. The van der Waals surface area contributed by atoms with E-state index in [1.54, 1.807) is 6.07 Å². The highest BCUT2D eigenvalue weighted by Gasteiger charge is 2.20. The molecule has 0 atom stereocenters. The number of rotatable bonds is 3. The molecule has 0 saturated carbocycles. The highest BCUT2D eigenvalue weighted by molar-refractivity contribution is 5.98. The third-order valence-electron chi connectivity index (χ3n) is 5.09. The summed E-state index contributed by atoms with van der Waals surface area (Å²) in [5.41, 5.74) is 6.81. The van der Waals surface area contributed by atoms with Crippen LogP contribution in [0.3, 0.4) is 0 Å². The first-order chi connectivity index (χ1) is 13.7. The predicted octanol–water partition coefficient (Wildman–Crippen LogP) is 5.70. The van der Waals surface area contributed by atoms with Crippen molar-refractivity contribution in [3.8, 4) is 22.5 Å². The summed E-state index contributed by atoms with van der Waals surface area (Å²) in [5, 5.41) is 9.62. The van der Waals surface area contributed by atoms with Crippen LogP contribution in [-0.2, 0) is 6.54 Å². The van der Waals surface area contributed by atoms with Crippen LogP contribution in [0.2, 0.25) is 0 Å². The molecule has 0 amide bonds. The number of nitrogens with zero attached hydrogens (tertiary/aromatic N) is 3. The molecular weight excluding hydrogens is 349 g/mol. The maximum Gasteiger partial charge on any atom is 0.124 e. The molecule has 0 fully saturated rings. The quantitative estimate of drug-likeness (QED) is 0.410. The second-order valence-corrected chi connectivity index (χ2v) is 7.08. The molecule has 5 rings (SSSR count). The molecule has 0 radical (unpaired) electrons. The molecule has 4 heteroatoms. The summed E-state index contributed by atoms with van der Waals surface area (Å²) in [6, 6.07) is 23.3. The fourth-order valence-electron chi connectivity index (χ4n) is 3.65. The van der Waals surface area contributed by atoms with Crippen LogP contribution in [0.1, 0.15) is 11.1 Å². The smallest absolute Gasteiger partial charge is 0.124 e. The van der Waals surface area contributed by atoms with Crippen molar-refractivity contribution < 1.29 is 4.39 Å². The lowest BCUT2D eigenvalue weighted by molar-refractivity contribution is 0.629. The van der Waals surface area contributed by atoms with Crippen molar-refractivity contribution in [1.29, 1.82) is 0 Å². The molecule has 0 aliphatic carbocycles. The van der Waals surface area contributed by atoms with Gasteiger partial charge in [-0.1, -0.05) is 60.2 Å². The van der Waals surface area contributed by atoms with Crippen LogP contribution in [0.15, 0.2) is 79.0 Å². The first-order valence-corrected chi connectivity index (χ1v) is 9.25. The van der Waals surface area contributed by atoms with Crippen LogP contribution in [0, 0.1) is 12.7 Å². The molecule has 0 saturated heterocycles. The number of benzene rings is 3. The topological polar surface area (TPSA) is 30.7 Å². The summed E-state index contributed by atoms with van der Waals surface area (Å²) in [6.07, 6.45) is 2.08. The van der Waals surface area contributed by atoms with Gasteiger partial charge in [0.1, 0.15) is 17.2 Å². The van der Waals surface area contributed by atoms with Crippen LogP contribution < -0.4 is 0 Å². The van der Waals surface area contributed by atoms with Crippen molar-refractivity contribution in [2.45, 2.75) is 13.5 Å². The maximum absolute atomic E-state index is 14.0. The van der Waals surface area contributed by atoms with E-state index in [4.69, 9.17) is 0 Å². The Morgan fingerprint density at radius 2 is 1.61 bits per heavy atom. The molecule has 0 unspecified atom stereocenters. The summed E-state index contributed by atoms with van der Waals surface area (Å²) in [5.74, 6) is -0.272. The molecule has 2 heterocycles. The van der Waals surface area contributed by atoms with Gasteiger partial charge in [0, 0.05) is 29.3 Å². The second kappa shape index (κ2) is 6.57. The highest BCUT2D eigenvalue weighted by Crippen LogP contribution is 2.37. The minimum Gasteiger partial charge on any atom is -0.342 e. The minimum absolute atomic E-state index is 0.272. The van der Waals surface area contributed by atoms with Gasteiger partial charge >= 0.3 is 0 Å². The van der Waals surface area contributed by atoms with Crippen molar-refractivity contribution in [2.24, 2.45) is 0 Å². The van der Waals surface area contributed by atoms with Gasteiger partial charge in [-0.3, -0.25) is 0 Å². The highest BCUT2D eigenvalue weighted by atomic mass is 19.1. The number of pyridine rings is 1. The summed E-state index contributed by atoms with van der Waals surface area (Å²) in [7, 11) is 0. The van der Waals surface area contributed by atoms with Crippen LogP contribution in [-0.4, -0.2) is 14.8 Å². The maximum atomic E-state index is 14.0. The Balaban J connectivity index is 1.75. The molecule has 2 aliphatic rings. The number of hydrogen-bond donors (Lipinski definition) is 0. The van der Waals surface area contributed by atoms with Crippen molar-refractivity contribution in [3.63, 3.8) is 0 Å². The summed E-state index contributed by atoms with van der Waals surface area (Å²) in [6.45, 7) is 2.75. The largest absolute Gasteiger partial charge is 0.342 e. The van der Waals surface area contributed by atoms with Gasteiger partial charge < -0.3 is 4.57 Å². The standard InChI is InChI=1S/C24H18FN3/c1-16-7-9-18(10-8-16)23-21-15-28(14-17-5-3-2-4-6-17)22-12-11-19(25)13-20(22)24(21)27-26-23/h2-13,15H,14H2,1H3. The molecule has 28 heavy (non-hydrogen) atoms. The van der Waals surface area contributed by atoms with Gasteiger partial charge in [-0.15, -0.1) is 10.2 Å². The van der Waals surface area contributed by atoms with Crippen LogP contribution in [0.25, 0.3) is 33.4 Å². The van der Waals surface area contributed by atoms with E-state index in [9.17, 15) is 4.39 Å². The van der Waals surface area contributed by atoms with Crippen molar-refractivity contribution in [2.75, 3.05) is 0 Å². The first kappa shape index (κ1) is 16.6. The summed E-state index contributed by atoms with van der Waals surface area (Å²) >= 11 is 0. The van der Waals surface area contributed by atoms with E-state index in [2.05, 4.69) is 64.3 Å². The predicted molar refractivity (Wildman–Crippen MR) is 110 cm³/mol. The molecule has 0 bridgehead atoms. The van der Waals surface area contributed by atoms with Gasteiger partial charge in [-0.05, 0) is 30.7 Å². The van der Waals surface area contributed by atoms with Gasteiger partial charge in [-0.2, -0.15) is 0 Å². The summed E-state index contributed by atoms with van der Waals surface area (Å²) in [4.78, 5) is 0. The molecular formula is C24H18FN3. The van der Waals surface area contributed by atoms with Crippen molar-refractivity contribution >= 4 is 10.9 Å². The normalized spacial score (nSPS) is 11.4. The van der Waals surface area contributed by atoms with Crippen LogP contribution >= 0.6 is 0 Å². The molecule has 3 nitrogen and oxygen atoms in total. The third kappa shape index (κ3) is 2.83. The Labute approximate surface area is 162 Å². The number of aromatic nitrogens is 3. The van der Waals surface area contributed by atoms with Gasteiger partial charge in [0.25, 0.3) is 0 Å². The Kier molecular flexibility index (Phi) is 3.90. The fraction of sp³-hybridized carbons (Fsp3) is 0.0833. The molecule has 0 N–H and O–H groups in total. The van der Waals surface area contributed by atoms with Crippen molar-refractivity contribution in [3.05, 3.63) is 95.9 Å². The fourth-order valence-corrected chi connectivity index (χ4v) is 3.65. The Morgan fingerprint density at radius 1 is 0.857 bits per heavy atom. The minimum atomic E-state index is -0.272. The molecule has 2 aliphatic heterocycles. The van der Waals surface area contributed by atoms with E-state index < -0.39 is 0 Å². The number of halogens is 1. The lowest BCUT2D eigenvalue weighted by atomic mass is 10.0. The Hall–Kier alpha value is -3.53. The van der Waals surface area contributed by atoms with E-state index in [-0.39, 0.29) is 5.82 Å². The average molecular weight is 367 g/mol. The van der Waals surface area contributed by atoms with Gasteiger partial charge in [0.15, 0.2) is 0 Å². The van der Waals surface area contributed by atoms with E-state index in [1.807, 2.05) is 24.3 Å². The summed E-state index contributed by atoms with van der Waals surface area (Å²) < 4.78 is 16.2. The van der Waals surface area contributed by atoms with E-state index >= 15 is 0 Å². The molecule has 0 aromatic heterocycles. The van der Waals surface area contributed by atoms with E-state index in [0.717, 1.165) is 33.4 Å². The Bertz CT molecular complexity index is 1240. The lowest BCUT2D eigenvalue weighted by Gasteiger charge is -2.15.